The fourth-order valence-corrected chi connectivity index (χ4v) is 4.06. The van der Waals surface area contributed by atoms with Gasteiger partial charge in [0, 0.05) is 11.8 Å². The molecule has 0 bridgehead atoms. The van der Waals surface area contributed by atoms with Crippen LogP contribution in [0.1, 0.15) is 35.8 Å². The monoisotopic (exact) mass is 527 g/mol. The molecule has 5 N–H and O–H groups in total. The van der Waals surface area contributed by atoms with Crippen LogP contribution in [0, 0.1) is 0 Å². The summed E-state index contributed by atoms with van der Waals surface area (Å²) >= 11 is 0. The van der Waals surface area contributed by atoms with E-state index in [4.69, 9.17) is 5.73 Å². The molecule has 1 saturated heterocycles. The molecule has 2 atom stereocenters. The Morgan fingerprint density at radius 3 is 2.55 bits per heavy atom. The zero-order valence-electron chi connectivity index (χ0n) is 20.8. The number of carbonyl (C=O) groups is 2. The highest BCUT2D eigenvalue weighted by molar-refractivity contribution is 5.94. The molecule has 12 heteroatoms. The summed E-state index contributed by atoms with van der Waals surface area (Å²) in [5, 5.41) is 6.81. The maximum Gasteiger partial charge on any atom is 0.405 e. The molecule has 2 amide bonds. The van der Waals surface area contributed by atoms with Crippen molar-refractivity contribution in [3.8, 4) is 11.3 Å². The number of nitrogens with zero attached hydrogens (tertiary/aromatic N) is 3. The Morgan fingerprint density at radius 1 is 1.16 bits per heavy atom. The Bertz CT molecular complexity index is 1300. The summed E-state index contributed by atoms with van der Waals surface area (Å²) in [6, 6.07) is 14.2. The van der Waals surface area contributed by atoms with E-state index in [1.807, 2.05) is 24.3 Å². The van der Waals surface area contributed by atoms with Gasteiger partial charge in [-0.2, -0.15) is 13.2 Å². The molecule has 2 aromatic heterocycles. The van der Waals surface area contributed by atoms with Crippen molar-refractivity contribution in [2.75, 3.05) is 23.4 Å². The number of carbonyl (C=O) groups excluding carboxylic acids is 2. The van der Waals surface area contributed by atoms with Crippen LogP contribution in [-0.2, 0) is 4.79 Å². The summed E-state index contributed by atoms with van der Waals surface area (Å²) in [6.45, 7) is 3.26. The van der Waals surface area contributed by atoms with Gasteiger partial charge in [0.05, 0.1) is 24.0 Å². The van der Waals surface area contributed by atoms with Gasteiger partial charge >= 0.3 is 6.18 Å². The third kappa shape index (κ3) is 6.57. The van der Waals surface area contributed by atoms with Gasteiger partial charge in [0.1, 0.15) is 24.1 Å². The number of hydrogen-bond acceptors (Lipinski definition) is 7. The molecular formula is C26H28F3N7O2. The Labute approximate surface area is 217 Å². The fourth-order valence-electron chi connectivity index (χ4n) is 4.06. The zero-order chi connectivity index (χ0) is 27.4. The van der Waals surface area contributed by atoms with Gasteiger partial charge in [-0.1, -0.05) is 32.0 Å². The minimum atomic E-state index is -4.39. The summed E-state index contributed by atoms with van der Waals surface area (Å²) in [5.41, 5.74) is 11.6. The minimum Gasteiger partial charge on any atom is -0.368 e. The number of amides is 2. The third-order valence-electron chi connectivity index (χ3n) is 6.08. The zero-order valence-corrected chi connectivity index (χ0v) is 20.8. The van der Waals surface area contributed by atoms with Crippen molar-refractivity contribution in [1.82, 2.24) is 20.7 Å². The first kappa shape index (κ1) is 26.9. The van der Waals surface area contributed by atoms with Crippen molar-refractivity contribution in [1.29, 1.82) is 0 Å². The van der Waals surface area contributed by atoms with Crippen LogP contribution in [0.3, 0.4) is 0 Å². The number of alkyl halides is 3. The molecule has 3 aromatic rings. The van der Waals surface area contributed by atoms with Crippen LogP contribution in [-0.4, -0.2) is 53.1 Å². The van der Waals surface area contributed by atoms with Crippen molar-refractivity contribution < 1.29 is 22.8 Å². The number of hydrazine groups is 1. The first-order valence-corrected chi connectivity index (χ1v) is 12.0. The topological polar surface area (TPSA) is 125 Å². The first-order valence-electron chi connectivity index (χ1n) is 12.0. The lowest BCUT2D eigenvalue weighted by molar-refractivity contribution is -0.120. The van der Waals surface area contributed by atoms with Crippen LogP contribution in [0.2, 0.25) is 0 Å². The SMILES string of the molecule is CC(C)c1ccc(N2CC(NC(=O)c3cccc(-c4ccnc(NCC(F)(F)F)c4)n3)C(C(N)=O)N2)cc1. The Balaban J connectivity index is 1.47. The van der Waals surface area contributed by atoms with Crippen molar-refractivity contribution in [3.63, 3.8) is 0 Å². The van der Waals surface area contributed by atoms with Crippen molar-refractivity contribution in [2.24, 2.45) is 5.73 Å². The van der Waals surface area contributed by atoms with E-state index >= 15 is 0 Å². The van der Waals surface area contributed by atoms with Crippen molar-refractivity contribution in [2.45, 2.75) is 38.0 Å². The minimum absolute atomic E-state index is 0.0272. The van der Waals surface area contributed by atoms with Gasteiger partial charge in [-0.05, 0) is 47.9 Å². The number of benzene rings is 1. The molecule has 1 fully saturated rings. The number of halogens is 3. The number of nitrogens with two attached hydrogens (primary N) is 1. The van der Waals surface area contributed by atoms with Crippen LogP contribution in [0.25, 0.3) is 11.3 Å². The number of nitrogens with one attached hydrogen (secondary N) is 3. The van der Waals surface area contributed by atoms with E-state index in [1.165, 1.54) is 23.9 Å². The number of hydrogen-bond donors (Lipinski definition) is 4. The van der Waals surface area contributed by atoms with Gasteiger partial charge in [0.2, 0.25) is 5.91 Å². The van der Waals surface area contributed by atoms with Gasteiger partial charge in [-0.25, -0.2) is 15.4 Å². The van der Waals surface area contributed by atoms with Gasteiger partial charge < -0.3 is 21.4 Å². The van der Waals surface area contributed by atoms with Crippen LogP contribution >= 0.6 is 0 Å². The van der Waals surface area contributed by atoms with Crippen LogP contribution in [0.5, 0.6) is 0 Å². The molecular weight excluding hydrogens is 499 g/mol. The smallest absolute Gasteiger partial charge is 0.368 e. The van der Waals surface area contributed by atoms with Gasteiger partial charge in [0.25, 0.3) is 5.91 Å². The van der Waals surface area contributed by atoms with Crippen molar-refractivity contribution in [3.05, 3.63) is 72.1 Å². The molecule has 1 aliphatic rings. The van der Waals surface area contributed by atoms with Gasteiger partial charge in [-0.3, -0.25) is 9.59 Å². The average Bonchev–Trinajstić information content (AvgIpc) is 3.31. The lowest BCUT2D eigenvalue weighted by Crippen LogP contribution is -2.51. The van der Waals surface area contributed by atoms with E-state index in [2.05, 4.69) is 39.9 Å². The van der Waals surface area contributed by atoms with Crippen LogP contribution < -0.4 is 26.8 Å². The lowest BCUT2D eigenvalue weighted by Gasteiger charge is -2.19. The van der Waals surface area contributed by atoms with E-state index in [0.717, 1.165) is 5.69 Å². The quantitative estimate of drug-likeness (QED) is 0.355. The molecule has 0 spiro atoms. The first-order chi connectivity index (χ1) is 18.0. The predicted molar refractivity (Wildman–Crippen MR) is 137 cm³/mol. The van der Waals surface area contributed by atoms with E-state index in [-0.39, 0.29) is 11.5 Å². The molecule has 3 heterocycles. The Hall–Kier alpha value is -4.19. The Morgan fingerprint density at radius 2 is 1.89 bits per heavy atom. The molecule has 1 aromatic carbocycles. The molecule has 0 radical (unpaired) electrons. The molecule has 0 aliphatic carbocycles. The summed E-state index contributed by atoms with van der Waals surface area (Å²) in [6.07, 6.45) is -3.04. The van der Waals surface area contributed by atoms with E-state index in [0.29, 0.717) is 23.7 Å². The largest absolute Gasteiger partial charge is 0.405 e. The molecule has 200 valence electrons. The van der Waals surface area contributed by atoms with E-state index in [1.54, 1.807) is 23.2 Å². The molecule has 38 heavy (non-hydrogen) atoms. The van der Waals surface area contributed by atoms with Gasteiger partial charge in [0.15, 0.2) is 0 Å². The maximum absolute atomic E-state index is 13.1. The van der Waals surface area contributed by atoms with Crippen LogP contribution in [0.15, 0.2) is 60.8 Å². The molecule has 9 nitrogen and oxygen atoms in total. The normalized spacial score (nSPS) is 17.5. The third-order valence-corrected chi connectivity index (χ3v) is 6.08. The summed E-state index contributed by atoms with van der Waals surface area (Å²) in [4.78, 5) is 33.5. The maximum atomic E-state index is 13.1. The van der Waals surface area contributed by atoms with Gasteiger partial charge in [-0.15, -0.1) is 0 Å². The van der Waals surface area contributed by atoms with E-state index in [9.17, 15) is 22.8 Å². The number of rotatable bonds is 8. The Kier molecular flexibility index (Phi) is 7.81. The lowest BCUT2D eigenvalue weighted by atomic mass is 10.0. The molecule has 1 aliphatic heterocycles. The van der Waals surface area contributed by atoms with Crippen LogP contribution in [0.4, 0.5) is 24.7 Å². The molecule has 0 saturated carbocycles. The highest BCUT2D eigenvalue weighted by Gasteiger charge is 2.37. The van der Waals surface area contributed by atoms with Crippen molar-refractivity contribution >= 4 is 23.3 Å². The summed E-state index contributed by atoms with van der Waals surface area (Å²) in [5.74, 6) is -0.737. The average molecular weight is 528 g/mol. The predicted octanol–water partition coefficient (Wildman–Crippen LogP) is 3.22. The standard InChI is InChI=1S/C26H28F3N7O2/c1-15(2)16-6-8-18(9-7-16)36-13-21(23(35-36)24(30)37)34-25(38)20-5-3-4-19(33-20)17-10-11-31-22(12-17)32-14-26(27,28)29/h3-12,15,21,23,35H,13-14H2,1-2H3,(H2,30,37)(H,31,32)(H,34,38). The van der Waals surface area contributed by atoms with E-state index < -0.39 is 36.6 Å². The number of aromatic nitrogens is 2. The summed E-state index contributed by atoms with van der Waals surface area (Å²) in [7, 11) is 0. The number of pyridine rings is 2. The summed E-state index contributed by atoms with van der Waals surface area (Å²) < 4.78 is 37.6. The molecule has 4 rings (SSSR count). The fraction of sp³-hybridized carbons (Fsp3) is 0.308. The highest BCUT2D eigenvalue weighted by atomic mass is 19.4. The second-order valence-corrected chi connectivity index (χ2v) is 9.25. The molecule has 2 unspecified atom stereocenters. The second-order valence-electron chi connectivity index (χ2n) is 9.25. The second kappa shape index (κ2) is 11.1. The number of anilines is 2. The number of primary amides is 1. The highest BCUT2D eigenvalue weighted by Crippen LogP contribution is 2.24.